The standard InChI is InChI=1S/C12H15FN2O3/c1-15-3-2-7(6-15)18-11-4-8(12(16)17)10(14)5-9(11)13/h4-5,7H,2-3,6,14H2,1H3,(H,16,17). The van der Waals surface area contributed by atoms with Crippen molar-refractivity contribution in [2.45, 2.75) is 12.5 Å². The molecule has 1 aliphatic heterocycles. The maximum Gasteiger partial charge on any atom is 0.337 e. The van der Waals surface area contributed by atoms with Crippen molar-refractivity contribution in [3.63, 3.8) is 0 Å². The van der Waals surface area contributed by atoms with Crippen molar-refractivity contribution in [2.75, 3.05) is 25.9 Å². The van der Waals surface area contributed by atoms with Gasteiger partial charge in [-0.3, -0.25) is 0 Å². The van der Waals surface area contributed by atoms with Gasteiger partial charge in [0.25, 0.3) is 0 Å². The third-order valence-corrected chi connectivity index (χ3v) is 2.98. The molecule has 1 unspecified atom stereocenters. The average Bonchev–Trinajstić information content (AvgIpc) is 2.67. The molecule has 6 heteroatoms. The van der Waals surface area contributed by atoms with Gasteiger partial charge in [-0.2, -0.15) is 0 Å². The number of likely N-dealkylation sites (N-methyl/N-ethyl adjacent to an activating group) is 1. The first-order valence-corrected chi connectivity index (χ1v) is 5.65. The molecule has 1 fully saturated rings. The van der Waals surface area contributed by atoms with E-state index in [0.717, 1.165) is 25.1 Å². The number of aromatic carboxylic acids is 1. The van der Waals surface area contributed by atoms with Gasteiger partial charge < -0.3 is 20.5 Å². The molecule has 0 aliphatic carbocycles. The van der Waals surface area contributed by atoms with E-state index in [0.29, 0.717) is 6.54 Å². The van der Waals surface area contributed by atoms with E-state index in [1.807, 2.05) is 7.05 Å². The van der Waals surface area contributed by atoms with E-state index in [-0.39, 0.29) is 23.1 Å². The van der Waals surface area contributed by atoms with Crippen LogP contribution >= 0.6 is 0 Å². The minimum Gasteiger partial charge on any atom is -0.486 e. The second-order valence-electron chi connectivity index (χ2n) is 4.47. The Hall–Kier alpha value is -1.82. The van der Waals surface area contributed by atoms with Gasteiger partial charge in [0, 0.05) is 24.8 Å². The summed E-state index contributed by atoms with van der Waals surface area (Å²) in [5, 5.41) is 8.92. The minimum atomic E-state index is -1.19. The lowest BCUT2D eigenvalue weighted by molar-refractivity contribution is 0.0697. The number of nitrogens with two attached hydrogens (primary N) is 1. The van der Waals surface area contributed by atoms with Crippen LogP contribution in [-0.4, -0.2) is 42.2 Å². The number of carbonyl (C=O) groups is 1. The molecule has 0 radical (unpaired) electrons. The Morgan fingerprint density at radius 3 is 2.89 bits per heavy atom. The van der Waals surface area contributed by atoms with Crippen molar-refractivity contribution < 1.29 is 19.0 Å². The number of rotatable bonds is 3. The van der Waals surface area contributed by atoms with Crippen LogP contribution in [0.2, 0.25) is 0 Å². The fourth-order valence-corrected chi connectivity index (χ4v) is 2.01. The highest BCUT2D eigenvalue weighted by Crippen LogP contribution is 2.26. The predicted molar refractivity (Wildman–Crippen MR) is 64.3 cm³/mol. The maximum atomic E-state index is 13.6. The number of hydrogen-bond acceptors (Lipinski definition) is 4. The van der Waals surface area contributed by atoms with Crippen LogP contribution in [0.4, 0.5) is 10.1 Å². The maximum absolute atomic E-state index is 13.6. The van der Waals surface area contributed by atoms with Crippen molar-refractivity contribution >= 4 is 11.7 Å². The summed E-state index contributed by atoms with van der Waals surface area (Å²) in [7, 11) is 1.95. The Balaban J connectivity index is 2.22. The van der Waals surface area contributed by atoms with E-state index in [1.54, 1.807) is 0 Å². The number of carboxylic acid groups (broad SMARTS) is 1. The number of halogens is 1. The predicted octanol–water partition coefficient (Wildman–Crippen LogP) is 1.19. The zero-order valence-electron chi connectivity index (χ0n) is 10.0. The summed E-state index contributed by atoms with van der Waals surface area (Å²) in [6.45, 7) is 1.58. The molecule has 1 aliphatic rings. The largest absolute Gasteiger partial charge is 0.486 e. The van der Waals surface area contributed by atoms with Gasteiger partial charge in [0.1, 0.15) is 6.10 Å². The average molecular weight is 254 g/mol. The van der Waals surface area contributed by atoms with Crippen LogP contribution < -0.4 is 10.5 Å². The fraction of sp³-hybridized carbons (Fsp3) is 0.417. The number of nitrogen functional groups attached to an aromatic ring is 1. The van der Waals surface area contributed by atoms with Crippen LogP contribution in [0.25, 0.3) is 0 Å². The molecule has 0 spiro atoms. The second kappa shape index (κ2) is 4.81. The van der Waals surface area contributed by atoms with Gasteiger partial charge in [-0.1, -0.05) is 0 Å². The van der Waals surface area contributed by atoms with Crippen molar-refractivity contribution in [3.05, 3.63) is 23.5 Å². The molecule has 1 aromatic rings. The van der Waals surface area contributed by atoms with Crippen molar-refractivity contribution in [1.82, 2.24) is 4.90 Å². The molecular formula is C12H15FN2O3. The highest BCUT2D eigenvalue weighted by Gasteiger charge is 2.23. The molecule has 2 rings (SSSR count). The molecular weight excluding hydrogens is 239 g/mol. The number of nitrogens with zero attached hydrogens (tertiary/aromatic N) is 1. The van der Waals surface area contributed by atoms with E-state index < -0.39 is 11.8 Å². The smallest absolute Gasteiger partial charge is 0.337 e. The summed E-state index contributed by atoms with van der Waals surface area (Å²) < 4.78 is 19.1. The van der Waals surface area contributed by atoms with Crippen LogP contribution in [0.5, 0.6) is 5.75 Å². The first-order chi connectivity index (χ1) is 8.47. The molecule has 1 heterocycles. The van der Waals surface area contributed by atoms with Gasteiger partial charge in [0.05, 0.1) is 5.56 Å². The van der Waals surface area contributed by atoms with Gasteiger partial charge >= 0.3 is 5.97 Å². The van der Waals surface area contributed by atoms with Crippen molar-refractivity contribution in [2.24, 2.45) is 0 Å². The molecule has 98 valence electrons. The Morgan fingerprint density at radius 2 is 2.33 bits per heavy atom. The molecule has 0 bridgehead atoms. The molecule has 5 nitrogen and oxygen atoms in total. The quantitative estimate of drug-likeness (QED) is 0.792. The van der Waals surface area contributed by atoms with Gasteiger partial charge in [0.15, 0.2) is 11.6 Å². The topological polar surface area (TPSA) is 75.8 Å². The number of anilines is 1. The van der Waals surface area contributed by atoms with E-state index in [9.17, 15) is 9.18 Å². The molecule has 1 saturated heterocycles. The lowest BCUT2D eigenvalue weighted by Crippen LogP contribution is -2.22. The monoisotopic (exact) mass is 254 g/mol. The number of ether oxygens (including phenoxy) is 1. The number of likely N-dealkylation sites (tertiary alicyclic amines) is 1. The Bertz CT molecular complexity index is 479. The summed E-state index contributed by atoms with van der Waals surface area (Å²) in [6, 6.07) is 2.13. The number of benzene rings is 1. The molecule has 1 atom stereocenters. The minimum absolute atomic E-state index is 0.0538. The highest BCUT2D eigenvalue weighted by molar-refractivity contribution is 5.94. The summed E-state index contributed by atoms with van der Waals surface area (Å²) in [4.78, 5) is 13.0. The highest BCUT2D eigenvalue weighted by atomic mass is 19.1. The van der Waals surface area contributed by atoms with Crippen LogP contribution in [-0.2, 0) is 0 Å². The van der Waals surface area contributed by atoms with E-state index in [4.69, 9.17) is 15.6 Å². The Morgan fingerprint density at radius 1 is 1.61 bits per heavy atom. The molecule has 0 saturated carbocycles. The fourth-order valence-electron chi connectivity index (χ4n) is 2.01. The van der Waals surface area contributed by atoms with Crippen molar-refractivity contribution in [1.29, 1.82) is 0 Å². The van der Waals surface area contributed by atoms with Crippen molar-refractivity contribution in [3.8, 4) is 5.75 Å². The molecule has 0 aromatic heterocycles. The summed E-state index contributed by atoms with van der Waals surface area (Å²) >= 11 is 0. The van der Waals surface area contributed by atoms with Crippen LogP contribution in [0.15, 0.2) is 12.1 Å². The first-order valence-electron chi connectivity index (χ1n) is 5.65. The van der Waals surface area contributed by atoms with Gasteiger partial charge in [0.2, 0.25) is 0 Å². The lowest BCUT2D eigenvalue weighted by Gasteiger charge is -2.15. The number of carboxylic acids is 1. The van der Waals surface area contributed by atoms with Gasteiger partial charge in [-0.15, -0.1) is 0 Å². The molecule has 1 aromatic carbocycles. The third kappa shape index (κ3) is 2.53. The first kappa shape index (κ1) is 12.6. The summed E-state index contributed by atoms with van der Waals surface area (Å²) in [6.07, 6.45) is 0.678. The third-order valence-electron chi connectivity index (χ3n) is 2.98. The molecule has 18 heavy (non-hydrogen) atoms. The molecule has 3 N–H and O–H groups in total. The normalized spacial score (nSPS) is 20.0. The second-order valence-corrected chi connectivity index (χ2v) is 4.47. The molecule has 0 amide bonds. The van der Waals surface area contributed by atoms with E-state index in [2.05, 4.69) is 4.90 Å². The lowest BCUT2D eigenvalue weighted by atomic mass is 10.1. The zero-order valence-corrected chi connectivity index (χ0v) is 10.0. The SMILES string of the molecule is CN1CCC(Oc2cc(C(=O)O)c(N)cc2F)C1. The summed E-state index contributed by atoms with van der Waals surface area (Å²) in [5.41, 5.74) is 5.19. The van der Waals surface area contributed by atoms with Gasteiger partial charge in [-0.05, 0) is 19.5 Å². The summed E-state index contributed by atoms with van der Waals surface area (Å²) in [5.74, 6) is -1.88. The Kier molecular flexibility index (Phi) is 3.38. The van der Waals surface area contributed by atoms with E-state index >= 15 is 0 Å². The zero-order chi connectivity index (χ0) is 13.3. The van der Waals surface area contributed by atoms with E-state index in [1.165, 1.54) is 0 Å². The van der Waals surface area contributed by atoms with Crippen LogP contribution in [0, 0.1) is 5.82 Å². The van der Waals surface area contributed by atoms with Crippen LogP contribution in [0.1, 0.15) is 16.8 Å². The van der Waals surface area contributed by atoms with Gasteiger partial charge in [-0.25, -0.2) is 9.18 Å². The Labute approximate surface area is 104 Å². The number of hydrogen-bond donors (Lipinski definition) is 2. The van der Waals surface area contributed by atoms with Crippen LogP contribution in [0.3, 0.4) is 0 Å².